The van der Waals surface area contributed by atoms with Crippen LogP contribution < -0.4 is 5.32 Å². The van der Waals surface area contributed by atoms with E-state index in [1.165, 1.54) is 5.56 Å². The van der Waals surface area contributed by atoms with E-state index in [9.17, 15) is 9.59 Å². The predicted molar refractivity (Wildman–Crippen MR) is 122 cm³/mol. The maximum Gasteiger partial charge on any atom is 0.257 e. The number of amides is 2. The van der Waals surface area contributed by atoms with Crippen LogP contribution in [-0.4, -0.2) is 53.8 Å². The zero-order valence-corrected chi connectivity index (χ0v) is 19.0. The lowest BCUT2D eigenvalue weighted by Crippen LogP contribution is -2.45. The Balaban J connectivity index is 1.43. The highest BCUT2D eigenvalue weighted by Crippen LogP contribution is 2.17. The van der Waals surface area contributed by atoms with E-state index in [1.807, 2.05) is 19.9 Å². The van der Waals surface area contributed by atoms with Crippen LogP contribution in [0.1, 0.15) is 60.0 Å². The summed E-state index contributed by atoms with van der Waals surface area (Å²) in [5.74, 6) is 1.33. The second-order valence-electron chi connectivity index (χ2n) is 8.47. The van der Waals surface area contributed by atoms with E-state index in [0.717, 1.165) is 44.7 Å². The Kier molecular flexibility index (Phi) is 8.29. The van der Waals surface area contributed by atoms with E-state index in [0.29, 0.717) is 30.8 Å². The number of nitrogens with zero attached hydrogens (tertiary/aromatic N) is 2. The summed E-state index contributed by atoms with van der Waals surface area (Å²) in [5.41, 5.74) is 1.92. The molecule has 1 aromatic carbocycles. The number of rotatable bonds is 9. The third kappa shape index (κ3) is 6.69. The lowest BCUT2D eigenvalue weighted by molar-refractivity contribution is -0.122. The minimum Gasteiger partial charge on any atom is -0.466 e. The first-order valence-electron chi connectivity index (χ1n) is 11.4. The normalized spacial score (nSPS) is 15.1. The molecule has 1 saturated heterocycles. The van der Waals surface area contributed by atoms with Gasteiger partial charge in [-0.05, 0) is 44.7 Å². The van der Waals surface area contributed by atoms with Crippen molar-refractivity contribution < 1.29 is 14.0 Å². The quantitative estimate of drug-likeness (QED) is 0.661. The largest absolute Gasteiger partial charge is 0.466 e. The summed E-state index contributed by atoms with van der Waals surface area (Å²) in [7, 11) is 0. The first-order chi connectivity index (χ1) is 15.0. The molecule has 6 nitrogen and oxygen atoms in total. The highest BCUT2D eigenvalue weighted by molar-refractivity contribution is 5.95. The number of nitrogens with one attached hydrogen (secondary N) is 1. The Morgan fingerprint density at radius 1 is 1.13 bits per heavy atom. The van der Waals surface area contributed by atoms with Gasteiger partial charge >= 0.3 is 0 Å². The van der Waals surface area contributed by atoms with Crippen LogP contribution in [0.15, 0.2) is 40.8 Å². The number of likely N-dealkylation sites (tertiary alicyclic amines) is 1. The average molecular weight is 426 g/mol. The molecule has 0 bridgehead atoms. The summed E-state index contributed by atoms with van der Waals surface area (Å²) < 4.78 is 5.51. The number of hydrogen-bond donors (Lipinski definition) is 1. The molecule has 6 heteroatoms. The number of furan rings is 1. The predicted octanol–water partition coefficient (Wildman–Crippen LogP) is 3.92. The van der Waals surface area contributed by atoms with Gasteiger partial charge in [-0.15, -0.1) is 0 Å². The van der Waals surface area contributed by atoms with Crippen molar-refractivity contribution in [2.24, 2.45) is 0 Å². The van der Waals surface area contributed by atoms with E-state index in [-0.39, 0.29) is 17.9 Å². The van der Waals surface area contributed by atoms with Gasteiger partial charge in [0.05, 0.1) is 5.56 Å². The second-order valence-corrected chi connectivity index (χ2v) is 8.47. The SMILES string of the molecule is CCCN(CCC(=O)NC1CCN(Cc2ccccc2)CC1)C(=O)c1cc(C)oc1C. The third-order valence-electron chi connectivity index (χ3n) is 5.86. The van der Waals surface area contributed by atoms with Crippen LogP contribution in [-0.2, 0) is 11.3 Å². The van der Waals surface area contributed by atoms with Crippen LogP contribution in [0.3, 0.4) is 0 Å². The van der Waals surface area contributed by atoms with Crippen molar-refractivity contribution in [2.75, 3.05) is 26.2 Å². The van der Waals surface area contributed by atoms with Crippen molar-refractivity contribution in [2.45, 2.75) is 59.0 Å². The standard InChI is InChI=1S/C25H35N3O3/c1-4-13-28(25(30)23-17-19(2)31-20(23)3)16-12-24(29)26-22-10-14-27(15-11-22)18-21-8-6-5-7-9-21/h5-9,17,22H,4,10-16,18H2,1-3H3,(H,26,29). The van der Waals surface area contributed by atoms with Crippen LogP contribution in [0, 0.1) is 13.8 Å². The summed E-state index contributed by atoms with van der Waals surface area (Å²) in [6.07, 6.45) is 3.10. The number of carbonyl (C=O) groups is 2. The number of carbonyl (C=O) groups excluding carboxylic acids is 2. The molecule has 2 heterocycles. The van der Waals surface area contributed by atoms with Gasteiger partial charge in [-0.1, -0.05) is 37.3 Å². The van der Waals surface area contributed by atoms with Crippen molar-refractivity contribution >= 4 is 11.8 Å². The van der Waals surface area contributed by atoms with Gasteiger partial charge in [0.15, 0.2) is 0 Å². The summed E-state index contributed by atoms with van der Waals surface area (Å²) in [4.78, 5) is 29.6. The smallest absolute Gasteiger partial charge is 0.257 e. The fourth-order valence-electron chi connectivity index (χ4n) is 4.21. The van der Waals surface area contributed by atoms with Crippen LogP contribution in [0.4, 0.5) is 0 Å². The summed E-state index contributed by atoms with van der Waals surface area (Å²) in [6, 6.07) is 12.5. The molecule has 2 aromatic rings. The number of aryl methyl sites for hydroxylation is 2. The van der Waals surface area contributed by atoms with Gasteiger partial charge in [-0.3, -0.25) is 14.5 Å². The monoisotopic (exact) mass is 425 g/mol. The zero-order valence-electron chi connectivity index (χ0n) is 19.0. The molecular weight excluding hydrogens is 390 g/mol. The molecule has 0 aliphatic carbocycles. The van der Waals surface area contributed by atoms with Crippen molar-refractivity contribution in [3.8, 4) is 0 Å². The molecule has 1 aromatic heterocycles. The van der Waals surface area contributed by atoms with Crippen molar-refractivity contribution in [1.29, 1.82) is 0 Å². The molecule has 0 unspecified atom stereocenters. The summed E-state index contributed by atoms with van der Waals surface area (Å²) in [6.45, 7) is 9.68. The molecule has 31 heavy (non-hydrogen) atoms. The molecule has 1 fully saturated rings. The Morgan fingerprint density at radius 3 is 2.45 bits per heavy atom. The van der Waals surface area contributed by atoms with Crippen LogP contribution >= 0.6 is 0 Å². The van der Waals surface area contributed by atoms with Crippen LogP contribution in [0.25, 0.3) is 0 Å². The molecule has 0 atom stereocenters. The van der Waals surface area contributed by atoms with E-state index >= 15 is 0 Å². The summed E-state index contributed by atoms with van der Waals surface area (Å²) >= 11 is 0. The van der Waals surface area contributed by atoms with Gasteiger partial charge in [-0.25, -0.2) is 0 Å². The molecule has 0 radical (unpaired) electrons. The molecule has 2 amide bonds. The Labute approximate surface area is 185 Å². The number of piperidine rings is 1. The van der Waals surface area contributed by atoms with E-state index in [4.69, 9.17) is 4.42 Å². The lowest BCUT2D eigenvalue weighted by Gasteiger charge is -2.32. The zero-order chi connectivity index (χ0) is 22.2. The Hall–Kier alpha value is -2.60. The van der Waals surface area contributed by atoms with E-state index < -0.39 is 0 Å². The highest BCUT2D eigenvalue weighted by Gasteiger charge is 2.23. The summed E-state index contributed by atoms with van der Waals surface area (Å²) in [5, 5.41) is 3.17. The van der Waals surface area contributed by atoms with Crippen molar-refractivity contribution in [1.82, 2.24) is 15.1 Å². The maximum absolute atomic E-state index is 12.9. The van der Waals surface area contributed by atoms with Crippen LogP contribution in [0.2, 0.25) is 0 Å². The number of benzene rings is 1. The van der Waals surface area contributed by atoms with Crippen molar-refractivity contribution in [3.63, 3.8) is 0 Å². The van der Waals surface area contributed by atoms with Crippen LogP contribution in [0.5, 0.6) is 0 Å². The average Bonchev–Trinajstić information content (AvgIpc) is 3.10. The third-order valence-corrected chi connectivity index (χ3v) is 5.86. The number of hydrogen-bond acceptors (Lipinski definition) is 4. The van der Waals surface area contributed by atoms with E-state index in [2.05, 4.69) is 34.5 Å². The molecule has 1 aliphatic heterocycles. The molecule has 3 rings (SSSR count). The maximum atomic E-state index is 12.9. The first-order valence-corrected chi connectivity index (χ1v) is 11.4. The fraction of sp³-hybridized carbons (Fsp3) is 0.520. The van der Waals surface area contributed by atoms with Gasteiger partial charge in [0.25, 0.3) is 5.91 Å². The highest BCUT2D eigenvalue weighted by atomic mass is 16.3. The molecule has 0 spiro atoms. The fourth-order valence-corrected chi connectivity index (χ4v) is 4.21. The molecule has 0 saturated carbocycles. The molecule has 1 aliphatic rings. The Morgan fingerprint density at radius 2 is 1.84 bits per heavy atom. The minimum atomic E-state index is -0.0572. The topological polar surface area (TPSA) is 65.8 Å². The van der Waals surface area contributed by atoms with Gasteiger partial charge in [0.2, 0.25) is 5.91 Å². The minimum absolute atomic E-state index is 0.0236. The van der Waals surface area contributed by atoms with Gasteiger partial charge < -0.3 is 14.6 Å². The Bertz CT molecular complexity index is 854. The lowest BCUT2D eigenvalue weighted by atomic mass is 10.0. The molecular formula is C25H35N3O3. The van der Waals surface area contributed by atoms with Gasteiger partial charge in [0, 0.05) is 45.2 Å². The van der Waals surface area contributed by atoms with Gasteiger partial charge in [-0.2, -0.15) is 0 Å². The first kappa shape index (κ1) is 23.1. The molecule has 168 valence electrons. The van der Waals surface area contributed by atoms with Crippen molar-refractivity contribution in [3.05, 3.63) is 59.0 Å². The second kappa shape index (κ2) is 11.1. The molecule has 1 N–H and O–H groups in total. The van der Waals surface area contributed by atoms with Gasteiger partial charge in [0.1, 0.15) is 11.5 Å². The van der Waals surface area contributed by atoms with E-state index in [1.54, 1.807) is 17.9 Å².